The summed E-state index contributed by atoms with van der Waals surface area (Å²) in [4.78, 5) is 0. The number of hydrogen-bond donors (Lipinski definition) is 2. The topological polar surface area (TPSA) is 32.3 Å². The minimum Gasteiger partial charge on any atom is -0.317 e. The fraction of sp³-hybridized carbons (Fsp3) is 1.00. The lowest BCUT2D eigenvalue weighted by atomic mass is 9.84. The molecule has 0 aliphatic heterocycles. The molecule has 0 aromatic heterocycles. The summed E-state index contributed by atoms with van der Waals surface area (Å²) in [7, 11) is 0. The number of hydrogen-bond acceptors (Lipinski definition) is 2. The molecule has 0 heterocycles. The molecule has 68 valence electrons. The highest BCUT2D eigenvalue weighted by Crippen LogP contribution is 2.23. The average Bonchev–Trinajstić information content (AvgIpc) is 1.80. The van der Waals surface area contributed by atoms with Crippen LogP contribution in [0.2, 0.25) is 0 Å². The van der Waals surface area contributed by atoms with Gasteiger partial charge in [0.15, 0.2) is 0 Å². The Morgan fingerprint density at radius 1 is 1.27 bits per heavy atom. The molecule has 0 fully saturated rings. The van der Waals surface area contributed by atoms with Gasteiger partial charge in [0.25, 0.3) is 0 Å². The van der Waals surface area contributed by atoms with Crippen molar-refractivity contribution in [1.29, 1.82) is 0 Å². The van der Waals surface area contributed by atoms with E-state index in [1.165, 1.54) is 0 Å². The molecular formula is C9H21NO. The highest BCUT2D eigenvalue weighted by molar-refractivity contribution is 4.74. The van der Waals surface area contributed by atoms with Crippen molar-refractivity contribution >= 4 is 0 Å². The molecule has 0 aromatic rings. The van der Waals surface area contributed by atoms with Crippen LogP contribution in [-0.4, -0.2) is 11.2 Å². The number of rotatable bonds is 3. The van der Waals surface area contributed by atoms with E-state index >= 15 is 0 Å². The summed E-state index contributed by atoms with van der Waals surface area (Å²) >= 11 is 0. The lowest BCUT2D eigenvalue weighted by molar-refractivity contribution is 0.0814. The third-order valence-electron chi connectivity index (χ3n) is 1.80. The first kappa shape index (κ1) is 10.9. The maximum atomic E-state index is 8.81. The molecule has 0 rings (SSSR count). The van der Waals surface area contributed by atoms with E-state index in [0.29, 0.717) is 5.92 Å². The Kier molecular flexibility index (Phi) is 4.04. The van der Waals surface area contributed by atoms with E-state index in [2.05, 4.69) is 40.1 Å². The van der Waals surface area contributed by atoms with Crippen molar-refractivity contribution in [2.24, 2.45) is 11.3 Å². The lowest BCUT2D eigenvalue weighted by Gasteiger charge is -2.27. The normalized spacial score (nSPS) is 15.5. The van der Waals surface area contributed by atoms with Gasteiger partial charge < -0.3 is 5.21 Å². The Bertz CT molecular complexity index is 105. The first-order valence-electron chi connectivity index (χ1n) is 4.26. The highest BCUT2D eigenvalue weighted by Gasteiger charge is 2.20. The largest absolute Gasteiger partial charge is 0.317 e. The zero-order chi connectivity index (χ0) is 9.07. The Hall–Kier alpha value is -0.0800. The third kappa shape index (κ3) is 5.22. The molecule has 1 unspecified atom stereocenters. The SMILES string of the molecule is CC(C)C(CC(C)(C)C)NO. The van der Waals surface area contributed by atoms with E-state index in [0.717, 1.165) is 6.42 Å². The van der Waals surface area contributed by atoms with Gasteiger partial charge in [0.05, 0.1) is 0 Å². The maximum Gasteiger partial charge on any atom is 0.0347 e. The molecule has 0 bridgehead atoms. The van der Waals surface area contributed by atoms with Crippen LogP contribution < -0.4 is 5.48 Å². The molecular weight excluding hydrogens is 138 g/mol. The predicted molar refractivity (Wildman–Crippen MR) is 47.6 cm³/mol. The molecule has 2 nitrogen and oxygen atoms in total. The minimum absolute atomic E-state index is 0.218. The Morgan fingerprint density at radius 3 is 1.82 bits per heavy atom. The zero-order valence-corrected chi connectivity index (χ0v) is 8.31. The van der Waals surface area contributed by atoms with Gasteiger partial charge in [-0.15, -0.1) is 0 Å². The van der Waals surface area contributed by atoms with Crippen molar-refractivity contribution < 1.29 is 5.21 Å². The van der Waals surface area contributed by atoms with Crippen LogP contribution in [0.4, 0.5) is 0 Å². The minimum atomic E-state index is 0.218. The molecule has 0 aliphatic carbocycles. The molecule has 0 saturated carbocycles. The zero-order valence-electron chi connectivity index (χ0n) is 8.31. The van der Waals surface area contributed by atoms with E-state index in [4.69, 9.17) is 5.21 Å². The molecule has 0 aliphatic rings. The van der Waals surface area contributed by atoms with Gasteiger partial charge in [-0.2, -0.15) is 0 Å². The molecule has 0 radical (unpaired) electrons. The first-order valence-corrected chi connectivity index (χ1v) is 4.26. The van der Waals surface area contributed by atoms with Crippen LogP contribution in [0, 0.1) is 11.3 Å². The number of nitrogens with one attached hydrogen (secondary N) is 1. The van der Waals surface area contributed by atoms with Crippen molar-refractivity contribution in [2.75, 3.05) is 0 Å². The van der Waals surface area contributed by atoms with Crippen LogP contribution >= 0.6 is 0 Å². The van der Waals surface area contributed by atoms with Crippen LogP contribution in [0.3, 0.4) is 0 Å². The second-order valence-electron chi connectivity index (χ2n) is 4.74. The highest BCUT2D eigenvalue weighted by atomic mass is 16.5. The maximum absolute atomic E-state index is 8.81. The first-order chi connectivity index (χ1) is 4.87. The van der Waals surface area contributed by atoms with Gasteiger partial charge in [-0.1, -0.05) is 34.6 Å². The Morgan fingerprint density at radius 2 is 1.73 bits per heavy atom. The van der Waals surface area contributed by atoms with E-state index in [1.54, 1.807) is 0 Å². The van der Waals surface area contributed by atoms with E-state index in [1.807, 2.05) is 0 Å². The van der Waals surface area contributed by atoms with E-state index in [-0.39, 0.29) is 11.5 Å². The fourth-order valence-corrected chi connectivity index (χ4v) is 1.09. The van der Waals surface area contributed by atoms with Crippen molar-refractivity contribution in [3.63, 3.8) is 0 Å². The van der Waals surface area contributed by atoms with Crippen molar-refractivity contribution in [1.82, 2.24) is 5.48 Å². The van der Waals surface area contributed by atoms with Crippen LogP contribution in [0.1, 0.15) is 41.0 Å². The molecule has 2 heteroatoms. The summed E-state index contributed by atoms with van der Waals surface area (Å²) < 4.78 is 0. The smallest absolute Gasteiger partial charge is 0.0347 e. The van der Waals surface area contributed by atoms with Crippen molar-refractivity contribution in [3.05, 3.63) is 0 Å². The van der Waals surface area contributed by atoms with Crippen LogP contribution in [0.5, 0.6) is 0 Å². The van der Waals surface area contributed by atoms with Gasteiger partial charge in [0, 0.05) is 6.04 Å². The van der Waals surface area contributed by atoms with Gasteiger partial charge in [-0.25, -0.2) is 5.48 Å². The van der Waals surface area contributed by atoms with Crippen molar-refractivity contribution in [2.45, 2.75) is 47.1 Å². The van der Waals surface area contributed by atoms with Gasteiger partial charge in [-0.05, 0) is 17.8 Å². The van der Waals surface area contributed by atoms with Crippen LogP contribution in [-0.2, 0) is 0 Å². The summed E-state index contributed by atoms with van der Waals surface area (Å²) in [5.41, 5.74) is 2.64. The van der Waals surface area contributed by atoms with Gasteiger partial charge in [0.1, 0.15) is 0 Å². The molecule has 1 atom stereocenters. The van der Waals surface area contributed by atoms with Gasteiger partial charge >= 0.3 is 0 Å². The summed E-state index contributed by atoms with van der Waals surface area (Å²) in [6, 6.07) is 0.218. The standard InChI is InChI=1S/C9H21NO/c1-7(2)8(10-11)6-9(3,4)5/h7-8,10-11H,6H2,1-5H3. The summed E-state index contributed by atoms with van der Waals surface area (Å²) in [5, 5.41) is 8.81. The quantitative estimate of drug-likeness (QED) is 0.620. The Balaban J connectivity index is 3.88. The van der Waals surface area contributed by atoms with Gasteiger partial charge in [0.2, 0.25) is 0 Å². The molecule has 0 saturated heterocycles. The lowest BCUT2D eigenvalue weighted by Crippen LogP contribution is -2.34. The van der Waals surface area contributed by atoms with E-state index in [9.17, 15) is 0 Å². The van der Waals surface area contributed by atoms with Gasteiger partial charge in [-0.3, -0.25) is 0 Å². The molecule has 2 N–H and O–H groups in total. The summed E-state index contributed by atoms with van der Waals surface area (Å²) in [6.07, 6.45) is 1.00. The third-order valence-corrected chi connectivity index (χ3v) is 1.80. The summed E-state index contributed by atoms with van der Waals surface area (Å²) in [6.45, 7) is 10.8. The monoisotopic (exact) mass is 159 g/mol. The average molecular weight is 159 g/mol. The van der Waals surface area contributed by atoms with Crippen molar-refractivity contribution in [3.8, 4) is 0 Å². The molecule has 0 aromatic carbocycles. The predicted octanol–water partition coefficient (Wildman–Crippen LogP) is 2.43. The molecule has 11 heavy (non-hydrogen) atoms. The second kappa shape index (κ2) is 4.07. The number of hydroxylamine groups is 1. The fourth-order valence-electron chi connectivity index (χ4n) is 1.09. The summed E-state index contributed by atoms with van der Waals surface area (Å²) in [5.74, 6) is 0.485. The second-order valence-corrected chi connectivity index (χ2v) is 4.74. The van der Waals surface area contributed by atoms with Crippen LogP contribution in [0.25, 0.3) is 0 Å². The van der Waals surface area contributed by atoms with Crippen LogP contribution in [0.15, 0.2) is 0 Å². The molecule has 0 spiro atoms. The van der Waals surface area contributed by atoms with E-state index < -0.39 is 0 Å². The molecule has 0 amide bonds. The Labute approximate surface area is 70.0 Å².